The van der Waals surface area contributed by atoms with Crippen LogP contribution in [0, 0.1) is 0 Å². The van der Waals surface area contributed by atoms with Gasteiger partial charge in [0.05, 0.1) is 10.3 Å². The second kappa shape index (κ2) is 7.24. The standard InChI is InChI=1S/C22H28N2O3S/c1-21(2,3)16-8-12-19(13-9-16)28(26,27)24-18-10-6-17(7-11-18)22(14-5-15-22)20(25)23-4/h6-13,24H,5,14-15H2,1-4H3,(H,23,25). The number of hydrogen-bond acceptors (Lipinski definition) is 3. The van der Waals surface area contributed by atoms with Crippen molar-refractivity contribution in [2.75, 3.05) is 11.8 Å². The Bertz CT molecular complexity index is 952. The van der Waals surface area contributed by atoms with Gasteiger partial charge in [-0.05, 0) is 53.6 Å². The highest BCUT2D eigenvalue weighted by atomic mass is 32.2. The fourth-order valence-electron chi connectivity index (χ4n) is 3.62. The molecule has 1 saturated carbocycles. The molecule has 3 rings (SSSR count). The lowest BCUT2D eigenvalue weighted by Gasteiger charge is -2.40. The minimum Gasteiger partial charge on any atom is -0.358 e. The van der Waals surface area contributed by atoms with Gasteiger partial charge < -0.3 is 5.32 Å². The van der Waals surface area contributed by atoms with Crippen LogP contribution in [-0.4, -0.2) is 21.4 Å². The first kappa shape index (κ1) is 20.4. The molecule has 2 aromatic rings. The van der Waals surface area contributed by atoms with Gasteiger partial charge in [0.1, 0.15) is 0 Å². The van der Waals surface area contributed by atoms with Crippen LogP contribution in [-0.2, 0) is 25.6 Å². The summed E-state index contributed by atoms with van der Waals surface area (Å²) >= 11 is 0. The first-order valence-electron chi connectivity index (χ1n) is 9.55. The van der Waals surface area contributed by atoms with Gasteiger partial charge in [0.2, 0.25) is 5.91 Å². The van der Waals surface area contributed by atoms with E-state index < -0.39 is 15.4 Å². The smallest absolute Gasteiger partial charge is 0.261 e. The molecule has 0 spiro atoms. The fraction of sp³-hybridized carbons (Fsp3) is 0.409. The highest BCUT2D eigenvalue weighted by molar-refractivity contribution is 7.92. The van der Waals surface area contributed by atoms with Gasteiger partial charge in [-0.1, -0.05) is 51.5 Å². The zero-order chi connectivity index (χ0) is 20.6. The molecule has 1 aliphatic carbocycles. The summed E-state index contributed by atoms with van der Waals surface area (Å²) in [4.78, 5) is 12.5. The lowest BCUT2D eigenvalue weighted by molar-refractivity contribution is -0.129. The van der Waals surface area contributed by atoms with E-state index in [1.165, 1.54) is 0 Å². The molecule has 2 N–H and O–H groups in total. The van der Waals surface area contributed by atoms with E-state index in [1.807, 2.05) is 24.3 Å². The second-order valence-corrected chi connectivity index (χ2v) is 10.2. The fourth-order valence-corrected chi connectivity index (χ4v) is 4.68. The van der Waals surface area contributed by atoms with Crippen molar-refractivity contribution in [3.8, 4) is 0 Å². The molecule has 0 radical (unpaired) electrons. The van der Waals surface area contributed by atoms with E-state index in [0.29, 0.717) is 5.69 Å². The van der Waals surface area contributed by atoms with Gasteiger partial charge in [-0.2, -0.15) is 0 Å². The molecule has 2 aromatic carbocycles. The first-order valence-corrected chi connectivity index (χ1v) is 11.0. The molecule has 1 aliphatic rings. The third kappa shape index (κ3) is 3.78. The Labute approximate surface area is 167 Å². The van der Waals surface area contributed by atoms with Crippen LogP contribution in [0.5, 0.6) is 0 Å². The summed E-state index contributed by atoms with van der Waals surface area (Å²) in [6.07, 6.45) is 2.65. The summed E-state index contributed by atoms with van der Waals surface area (Å²) in [6, 6.07) is 14.1. The maximum atomic E-state index is 12.7. The molecule has 0 heterocycles. The van der Waals surface area contributed by atoms with Crippen molar-refractivity contribution < 1.29 is 13.2 Å². The molecule has 150 valence electrons. The minimum atomic E-state index is -3.67. The van der Waals surface area contributed by atoms with E-state index in [2.05, 4.69) is 30.8 Å². The Hall–Kier alpha value is -2.34. The lowest BCUT2D eigenvalue weighted by Crippen LogP contribution is -2.48. The molecule has 0 aromatic heterocycles. The van der Waals surface area contributed by atoms with Crippen molar-refractivity contribution in [1.82, 2.24) is 5.32 Å². The van der Waals surface area contributed by atoms with Crippen LogP contribution in [0.2, 0.25) is 0 Å². The van der Waals surface area contributed by atoms with E-state index in [4.69, 9.17) is 0 Å². The van der Waals surface area contributed by atoms with Crippen molar-refractivity contribution in [2.45, 2.75) is 55.8 Å². The van der Waals surface area contributed by atoms with Crippen molar-refractivity contribution in [2.24, 2.45) is 0 Å². The molecule has 0 aliphatic heterocycles. The monoisotopic (exact) mass is 400 g/mol. The van der Waals surface area contributed by atoms with Crippen LogP contribution < -0.4 is 10.0 Å². The van der Waals surface area contributed by atoms with E-state index in [-0.39, 0.29) is 16.2 Å². The molecule has 1 fully saturated rings. The third-order valence-electron chi connectivity index (χ3n) is 5.59. The van der Waals surface area contributed by atoms with Crippen LogP contribution >= 0.6 is 0 Å². The van der Waals surface area contributed by atoms with Crippen molar-refractivity contribution in [3.05, 3.63) is 59.7 Å². The van der Waals surface area contributed by atoms with Crippen LogP contribution in [0.15, 0.2) is 53.4 Å². The topological polar surface area (TPSA) is 75.3 Å². The number of nitrogens with one attached hydrogen (secondary N) is 2. The zero-order valence-electron chi connectivity index (χ0n) is 16.9. The average molecular weight is 401 g/mol. The maximum Gasteiger partial charge on any atom is 0.261 e. The van der Waals surface area contributed by atoms with Gasteiger partial charge in [-0.25, -0.2) is 8.42 Å². The van der Waals surface area contributed by atoms with E-state index in [1.54, 1.807) is 31.3 Å². The molecule has 0 bridgehead atoms. The van der Waals surface area contributed by atoms with Crippen molar-refractivity contribution in [1.29, 1.82) is 0 Å². The number of carbonyl (C=O) groups is 1. The van der Waals surface area contributed by atoms with E-state index >= 15 is 0 Å². The summed E-state index contributed by atoms with van der Waals surface area (Å²) in [5, 5.41) is 2.75. The Kier molecular flexibility index (Phi) is 5.28. The Morgan fingerprint density at radius 3 is 1.96 bits per heavy atom. The molecule has 6 heteroatoms. The molecule has 28 heavy (non-hydrogen) atoms. The number of likely N-dealkylation sites (N-methyl/N-ethyl adjacent to an activating group) is 1. The number of anilines is 1. The number of carbonyl (C=O) groups excluding carboxylic acids is 1. The van der Waals surface area contributed by atoms with Gasteiger partial charge >= 0.3 is 0 Å². The lowest BCUT2D eigenvalue weighted by atomic mass is 9.64. The van der Waals surface area contributed by atoms with Gasteiger partial charge in [0, 0.05) is 12.7 Å². The number of hydrogen-bond donors (Lipinski definition) is 2. The molecule has 0 atom stereocenters. The average Bonchev–Trinajstić information content (AvgIpc) is 2.61. The van der Waals surface area contributed by atoms with Crippen molar-refractivity contribution >= 4 is 21.6 Å². The van der Waals surface area contributed by atoms with Gasteiger partial charge in [-0.15, -0.1) is 0 Å². The largest absolute Gasteiger partial charge is 0.358 e. The Morgan fingerprint density at radius 1 is 0.964 bits per heavy atom. The summed E-state index contributed by atoms with van der Waals surface area (Å²) in [5.74, 6) is 0.0195. The number of amides is 1. The maximum absolute atomic E-state index is 12.7. The number of benzene rings is 2. The van der Waals surface area contributed by atoms with Crippen LogP contribution in [0.1, 0.15) is 51.2 Å². The second-order valence-electron chi connectivity index (χ2n) is 8.47. The quantitative estimate of drug-likeness (QED) is 0.798. The number of sulfonamides is 1. The number of rotatable bonds is 5. The predicted molar refractivity (Wildman–Crippen MR) is 112 cm³/mol. The zero-order valence-corrected chi connectivity index (χ0v) is 17.7. The Balaban J connectivity index is 1.79. The van der Waals surface area contributed by atoms with Crippen LogP contribution in [0.25, 0.3) is 0 Å². The summed E-state index contributed by atoms with van der Waals surface area (Å²) in [5.41, 5.74) is 1.98. The van der Waals surface area contributed by atoms with Gasteiger partial charge in [-0.3, -0.25) is 9.52 Å². The van der Waals surface area contributed by atoms with E-state index in [0.717, 1.165) is 30.4 Å². The highest BCUT2D eigenvalue weighted by Crippen LogP contribution is 2.44. The van der Waals surface area contributed by atoms with Gasteiger partial charge in [0.25, 0.3) is 10.0 Å². The SMILES string of the molecule is CNC(=O)C1(c2ccc(NS(=O)(=O)c3ccc(C(C)(C)C)cc3)cc2)CCC1. The first-order chi connectivity index (χ1) is 13.1. The minimum absolute atomic E-state index is 0.0195. The summed E-state index contributed by atoms with van der Waals surface area (Å²) < 4.78 is 28.0. The third-order valence-corrected chi connectivity index (χ3v) is 6.99. The summed E-state index contributed by atoms with van der Waals surface area (Å²) in [7, 11) is -2.02. The highest BCUT2D eigenvalue weighted by Gasteiger charge is 2.45. The van der Waals surface area contributed by atoms with Crippen molar-refractivity contribution in [3.63, 3.8) is 0 Å². The van der Waals surface area contributed by atoms with Crippen LogP contribution in [0.3, 0.4) is 0 Å². The molecule has 5 nitrogen and oxygen atoms in total. The molecule has 0 saturated heterocycles. The van der Waals surface area contributed by atoms with Gasteiger partial charge in [0.15, 0.2) is 0 Å². The molecule has 1 amide bonds. The molecular formula is C22H28N2O3S. The predicted octanol–water partition coefficient (Wildman–Crippen LogP) is 3.95. The Morgan fingerprint density at radius 2 is 1.54 bits per heavy atom. The van der Waals surface area contributed by atoms with E-state index in [9.17, 15) is 13.2 Å². The normalized spacial score (nSPS) is 16.1. The summed E-state index contributed by atoms with van der Waals surface area (Å²) in [6.45, 7) is 6.26. The molecular weight excluding hydrogens is 372 g/mol. The molecule has 0 unspecified atom stereocenters. The van der Waals surface area contributed by atoms with Crippen LogP contribution in [0.4, 0.5) is 5.69 Å².